The fourth-order valence-corrected chi connectivity index (χ4v) is 5.91. The summed E-state index contributed by atoms with van der Waals surface area (Å²) >= 11 is 0. The molecular weight excluding hydrogens is 589 g/mol. The van der Waals surface area contributed by atoms with Gasteiger partial charge >= 0.3 is 0 Å². The molecule has 0 bridgehead atoms. The van der Waals surface area contributed by atoms with Crippen LogP contribution in [0.1, 0.15) is 54.2 Å². The van der Waals surface area contributed by atoms with E-state index < -0.39 is 5.82 Å². The first-order valence-corrected chi connectivity index (χ1v) is 16.3. The number of halogens is 1. The maximum Gasteiger partial charge on any atom is 0.255 e. The summed E-state index contributed by atoms with van der Waals surface area (Å²) < 4.78 is 14.0. The van der Waals surface area contributed by atoms with E-state index in [2.05, 4.69) is 67.2 Å². The molecule has 0 aromatic heterocycles. The second-order valence-electron chi connectivity index (χ2n) is 13.7. The van der Waals surface area contributed by atoms with Crippen LogP contribution in [0.4, 0.5) is 15.8 Å². The van der Waals surface area contributed by atoms with Crippen molar-refractivity contribution in [3.63, 3.8) is 0 Å². The third-order valence-electron chi connectivity index (χ3n) is 8.44. The minimum absolute atomic E-state index is 0.0972. The average Bonchev–Trinajstić information content (AvgIpc) is 3.04. The van der Waals surface area contributed by atoms with Crippen molar-refractivity contribution in [2.24, 2.45) is 11.1 Å². The van der Waals surface area contributed by atoms with Gasteiger partial charge in [0, 0.05) is 57.8 Å². The maximum atomic E-state index is 14.0. The minimum Gasteiger partial charge on any atom is -0.367 e. The van der Waals surface area contributed by atoms with E-state index in [0.29, 0.717) is 31.7 Å². The number of nitrogens with zero attached hydrogens (tertiary/aromatic N) is 3. The molecule has 2 amide bonds. The van der Waals surface area contributed by atoms with Gasteiger partial charge in [-0.3, -0.25) is 9.59 Å². The number of amides is 2. The number of hydrogen-bond acceptors (Lipinski definition) is 5. The molecule has 1 saturated heterocycles. The number of nitrogens with two attached hydrogens (primary N) is 1. The zero-order valence-electron chi connectivity index (χ0n) is 27.9. The lowest BCUT2D eigenvalue weighted by Gasteiger charge is -2.35. The van der Waals surface area contributed by atoms with Crippen LogP contribution < -0.4 is 16.0 Å². The van der Waals surface area contributed by atoms with Crippen LogP contribution in [-0.4, -0.2) is 54.8 Å². The van der Waals surface area contributed by atoms with E-state index in [1.54, 1.807) is 6.07 Å². The molecule has 8 heteroatoms. The van der Waals surface area contributed by atoms with Crippen LogP contribution in [0.25, 0.3) is 11.1 Å². The number of carbonyl (C=O) groups excluding carboxylic acids is 2. The molecule has 1 aliphatic heterocycles. The van der Waals surface area contributed by atoms with E-state index >= 15 is 0 Å². The van der Waals surface area contributed by atoms with E-state index in [-0.39, 0.29) is 22.8 Å². The van der Waals surface area contributed by atoms with Gasteiger partial charge in [0.05, 0.1) is 11.4 Å². The maximum absolute atomic E-state index is 14.0. The molecule has 246 valence electrons. The van der Waals surface area contributed by atoms with E-state index in [0.717, 1.165) is 59.7 Å². The molecule has 4 aromatic rings. The molecule has 0 unspecified atom stereocenters. The Balaban J connectivity index is 1.44. The Bertz CT molecular complexity index is 1710. The van der Waals surface area contributed by atoms with E-state index in [1.165, 1.54) is 18.2 Å². The van der Waals surface area contributed by atoms with Gasteiger partial charge < -0.3 is 25.8 Å². The number of anilines is 2. The standard InChI is InChI=1S/C39H46FN5O2/c1-39(2,3)24-37(46)45(26-29-9-5-8-28(20-29)25-41)27-30-10-6-11-31(21-30)32-14-15-36(44-18-16-43(4)17-19-44)35(23-32)42-38(47)33-12-7-13-34(40)22-33/h5-15,20-23H,16-19,24-27,41H2,1-4H3,(H,42,47). The van der Waals surface area contributed by atoms with Crippen LogP contribution in [0.5, 0.6) is 0 Å². The summed E-state index contributed by atoms with van der Waals surface area (Å²) in [6.07, 6.45) is 0.436. The van der Waals surface area contributed by atoms with Crippen molar-refractivity contribution in [1.82, 2.24) is 9.80 Å². The monoisotopic (exact) mass is 635 g/mol. The summed E-state index contributed by atoms with van der Waals surface area (Å²) in [5, 5.41) is 3.07. The highest BCUT2D eigenvalue weighted by Crippen LogP contribution is 2.33. The number of nitrogens with one attached hydrogen (secondary N) is 1. The SMILES string of the molecule is CN1CCN(c2ccc(-c3cccc(CN(Cc4cccc(CN)c4)C(=O)CC(C)(C)C)c3)cc2NC(=O)c2cccc(F)c2)CC1. The Labute approximate surface area is 278 Å². The number of rotatable bonds is 10. The molecule has 4 aromatic carbocycles. The van der Waals surface area contributed by atoms with Crippen molar-refractivity contribution in [3.05, 3.63) is 119 Å². The van der Waals surface area contributed by atoms with E-state index in [1.807, 2.05) is 47.4 Å². The highest BCUT2D eigenvalue weighted by Gasteiger charge is 2.23. The topological polar surface area (TPSA) is 81.9 Å². The first-order chi connectivity index (χ1) is 22.5. The third-order valence-corrected chi connectivity index (χ3v) is 8.44. The Hall–Kier alpha value is -4.53. The highest BCUT2D eigenvalue weighted by molar-refractivity contribution is 6.06. The summed E-state index contributed by atoms with van der Waals surface area (Å²) in [6, 6.07) is 28.1. The molecule has 5 rings (SSSR count). The van der Waals surface area contributed by atoms with Gasteiger partial charge in [0.2, 0.25) is 5.91 Å². The van der Waals surface area contributed by atoms with Gasteiger partial charge in [-0.2, -0.15) is 0 Å². The molecule has 0 aliphatic carbocycles. The molecule has 7 nitrogen and oxygen atoms in total. The summed E-state index contributed by atoms with van der Waals surface area (Å²) in [5.74, 6) is -0.720. The zero-order chi connectivity index (χ0) is 33.6. The summed E-state index contributed by atoms with van der Waals surface area (Å²) in [5.41, 5.74) is 12.6. The normalized spacial score (nSPS) is 13.8. The Morgan fingerprint density at radius 1 is 0.809 bits per heavy atom. The van der Waals surface area contributed by atoms with Crippen LogP contribution in [0, 0.1) is 11.2 Å². The fourth-order valence-electron chi connectivity index (χ4n) is 5.91. The summed E-state index contributed by atoms with van der Waals surface area (Å²) in [7, 11) is 2.11. The Morgan fingerprint density at radius 3 is 2.13 bits per heavy atom. The smallest absolute Gasteiger partial charge is 0.255 e. The second kappa shape index (κ2) is 14.9. The van der Waals surface area contributed by atoms with E-state index in [4.69, 9.17) is 5.73 Å². The molecule has 1 heterocycles. The predicted molar refractivity (Wildman–Crippen MR) is 189 cm³/mol. The molecule has 0 spiro atoms. The number of hydrogen-bond donors (Lipinski definition) is 2. The quantitative estimate of drug-likeness (QED) is 0.198. The van der Waals surface area contributed by atoms with Crippen LogP contribution in [0.15, 0.2) is 91.0 Å². The zero-order valence-corrected chi connectivity index (χ0v) is 27.9. The summed E-state index contributed by atoms with van der Waals surface area (Å²) in [4.78, 5) is 33.4. The van der Waals surface area contributed by atoms with Gasteiger partial charge in [-0.1, -0.05) is 75.4 Å². The minimum atomic E-state index is -0.454. The lowest BCUT2D eigenvalue weighted by atomic mass is 9.91. The Kier molecular flexibility index (Phi) is 10.7. The first-order valence-electron chi connectivity index (χ1n) is 16.3. The average molecular weight is 636 g/mol. The summed E-state index contributed by atoms with van der Waals surface area (Å²) in [6.45, 7) is 11.1. The van der Waals surface area contributed by atoms with Gasteiger partial charge in [0.15, 0.2) is 0 Å². The molecule has 1 aliphatic rings. The van der Waals surface area contributed by atoms with Gasteiger partial charge in [0.25, 0.3) is 5.91 Å². The fraction of sp³-hybridized carbons (Fsp3) is 0.333. The van der Waals surface area contributed by atoms with Crippen LogP contribution in [-0.2, 0) is 24.4 Å². The molecule has 0 saturated carbocycles. The van der Waals surface area contributed by atoms with Crippen LogP contribution in [0.3, 0.4) is 0 Å². The van der Waals surface area contributed by atoms with Gasteiger partial charge in [-0.25, -0.2) is 4.39 Å². The molecular formula is C39H46FN5O2. The van der Waals surface area contributed by atoms with Crippen LogP contribution in [0.2, 0.25) is 0 Å². The van der Waals surface area contributed by atoms with E-state index in [9.17, 15) is 14.0 Å². The van der Waals surface area contributed by atoms with Gasteiger partial charge in [-0.15, -0.1) is 0 Å². The predicted octanol–water partition coefficient (Wildman–Crippen LogP) is 6.92. The second-order valence-corrected chi connectivity index (χ2v) is 13.7. The molecule has 1 fully saturated rings. The van der Waals surface area contributed by atoms with Crippen molar-refractivity contribution >= 4 is 23.2 Å². The van der Waals surface area contributed by atoms with Crippen molar-refractivity contribution in [2.75, 3.05) is 43.4 Å². The first kappa shape index (κ1) is 33.8. The van der Waals surface area contributed by atoms with Crippen molar-refractivity contribution in [3.8, 4) is 11.1 Å². The van der Waals surface area contributed by atoms with Crippen molar-refractivity contribution < 1.29 is 14.0 Å². The van der Waals surface area contributed by atoms with Gasteiger partial charge in [-0.05, 0) is 76.7 Å². The Morgan fingerprint density at radius 2 is 1.45 bits per heavy atom. The molecule has 47 heavy (non-hydrogen) atoms. The lowest BCUT2D eigenvalue weighted by molar-refractivity contribution is -0.134. The highest BCUT2D eigenvalue weighted by atomic mass is 19.1. The molecule has 0 atom stereocenters. The number of piperazine rings is 1. The number of carbonyl (C=O) groups is 2. The van der Waals surface area contributed by atoms with Crippen LogP contribution >= 0.6 is 0 Å². The third kappa shape index (κ3) is 9.27. The van der Waals surface area contributed by atoms with Crippen molar-refractivity contribution in [2.45, 2.75) is 46.8 Å². The van der Waals surface area contributed by atoms with Gasteiger partial charge in [0.1, 0.15) is 5.82 Å². The number of benzene rings is 4. The molecule has 0 radical (unpaired) electrons. The number of likely N-dealkylation sites (N-methyl/N-ethyl adjacent to an activating group) is 1. The molecule has 3 N–H and O–H groups in total. The van der Waals surface area contributed by atoms with Crippen molar-refractivity contribution in [1.29, 1.82) is 0 Å². The lowest BCUT2D eigenvalue weighted by Crippen LogP contribution is -2.44. The largest absolute Gasteiger partial charge is 0.367 e.